The van der Waals surface area contributed by atoms with Crippen LogP contribution in [0.4, 0.5) is 0 Å². The van der Waals surface area contributed by atoms with E-state index in [0.29, 0.717) is 18.7 Å². The van der Waals surface area contributed by atoms with Crippen LogP contribution in [0.15, 0.2) is 23.1 Å². The molecule has 0 atom stereocenters. The van der Waals surface area contributed by atoms with E-state index in [4.69, 9.17) is 0 Å². The topological polar surface area (TPSA) is 66.5 Å². The average molecular weight is 284 g/mol. The van der Waals surface area contributed by atoms with Crippen LogP contribution in [0, 0.1) is 6.92 Å². The van der Waals surface area contributed by atoms with E-state index in [1.165, 1.54) is 12.1 Å². The molecule has 1 N–H and O–H groups in total. The van der Waals surface area contributed by atoms with Crippen LogP contribution in [0.2, 0.25) is 0 Å². The quantitative estimate of drug-likeness (QED) is 0.864. The summed E-state index contributed by atoms with van der Waals surface area (Å²) in [5.41, 5.74) is 1.20. The Kier molecular flexibility index (Phi) is 5.08. The van der Waals surface area contributed by atoms with E-state index in [-0.39, 0.29) is 10.8 Å². The van der Waals surface area contributed by atoms with Gasteiger partial charge in [0.1, 0.15) is 0 Å². The van der Waals surface area contributed by atoms with Gasteiger partial charge in [-0.25, -0.2) is 8.42 Å². The highest BCUT2D eigenvalue weighted by molar-refractivity contribution is 7.90. The predicted molar refractivity (Wildman–Crippen MR) is 75.2 cm³/mol. The number of carbonyl (C=O) groups excluding carboxylic acids is 1. The van der Waals surface area contributed by atoms with Crippen LogP contribution >= 0.6 is 0 Å². The van der Waals surface area contributed by atoms with E-state index in [1.807, 2.05) is 7.05 Å². The summed E-state index contributed by atoms with van der Waals surface area (Å²) in [6, 6.07) is 4.63. The van der Waals surface area contributed by atoms with Gasteiger partial charge < -0.3 is 10.2 Å². The number of amides is 1. The van der Waals surface area contributed by atoms with Gasteiger partial charge in [0.25, 0.3) is 5.91 Å². The van der Waals surface area contributed by atoms with Crippen LogP contribution in [-0.4, -0.2) is 52.7 Å². The van der Waals surface area contributed by atoms with Gasteiger partial charge in [-0.05, 0) is 31.7 Å². The number of benzene rings is 1. The SMILES string of the molecule is CNCCN(C)C(=O)c1cc(S(C)(=O)=O)ccc1C. The van der Waals surface area contributed by atoms with Crippen molar-refractivity contribution < 1.29 is 13.2 Å². The molecule has 6 heteroatoms. The molecular formula is C13H20N2O3S. The van der Waals surface area contributed by atoms with Crippen molar-refractivity contribution in [2.75, 3.05) is 33.4 Å². The molecule has 0 saturated carbocycles. The summed E-state index contributed by atoms with van der Waals surface area (Å²) in [6.07, 6.45) is 1.14. The minimum atomic E-state index is -3.30. The Labute approximate surface area is 114 Å². The lowest BCUT2D eigenvalue weighted by Crippen LogP contribution is -2.33. The normalized spacial score (nSPS) is 11.4. The second kappa shape index (κ2) is 6.16. The number of sulfone groups is 1. The monoisotopic (exact) mass is 284 g/mol. The third-order valence-corrected chi connectivity index (χ3v) is 4.02. The zero-order valence-corrected chi connectivity index (χ0v) is 12.5. The molecule has 0 unspecified atom stereocenters. The Bertz CT molecular complexity index is 567. The average Bonchev–Trinajstić information content (AvgIpc) is 2.34. The maximum absolute atomic E-state index is 12.3. The number of aryl methyl sites for hydroxylation is 1. The summed E-state index contributed by atoms with van der Waals surface area (Å²) in [5.74, 6) is -0.168. The third-order valence-electron chi connectivity index (χ3n) is 2.91. The highest BCUT2D eigenvalue weighted by atomic mass is 32.2. The molecule has 1 amide bonds. The largest absolute Gasteiger partial charge is 0.340 e. The highest BCUT2D eigenvalue weighted by Crippen LogP contribution is 2.17. The Morgan fingerprint density at radius 2 is 2.00 bits per heavy atom. The molecule has 0 saturated heterocycles. The van der Waals surface area contributed by atoms with Crippen molar-refractivity contribution in [2.24, 2.45) is 0 Å². The second-order valence-corrected chi connectivity index (χ2v) is 6.59. The van der Waals surface area contributed by atoms with Gasteiger partial charge >= 0.3 is 0 Å². The predicted octanol–water partition coefficient (Wildman–Crippen LogP) is 0.690. The van der Waals surface area contributed by atoms with Crippen molar-refractivity contribution in [3.8, 4) is 0 Å². The molecule has 0 aliphatic rings. The van der Waals surface area contributed by atoms with Gasteiger partial charge in [-0.15, -0.1) is 0 Å². The molecule has 1 aromatic rings. The van der Waals surface area contributed by atoms with Crippen molar-refractivity contribution in [1.29, 1.82) is 0 Å². The van der Waals surface area contributed by atoms with Crippen LogP contribution in [0.25, 0.3) is 0 Å². The third kappa shape index (κ3) is 4.04. The van der Waals surface area contributed by atoms with E-state index in [9.17, 15) is 13.2 Å². The fraction of sp³-hybridized carbons (Fsp3) is 0.462. The Morgan fingerprint density at radius 3 is 2.53 bits per heavy atom. The molecule has 5 nitrogen and oxygen atoms in total. The maximum atomic E-state index is 12.3. The fourth-order valence-corrected chi connectivity index (χ4v) is 2.30. The van der Waals surface area contributed by atoms with E-state index in [0.717, 1.165) is 11.8 Å². The smallest absolute Gasteiger partial charge is 0.253 e. The van der Waals surface area contributed by atoms with Crippen molar-refractivity contribution in [1.82, 2.24) is 10.2 Å². The van der Waals surface area contributed by atoms with Gasteiger partial charge in [-0.1, -0.05) is 6.07 Å². The standard InChI is InChI=1S/C13H20N2O3S/c1-10-5-6-11(19(4,17)18)9-12(10)13(16)15(3)8-7-14-2/h5-6,9,14H,7-8H2,1-4H3. The second-order valence-electron chi connectivity index (χ2n) is 4.58. The number of hydrogen-bond donors (Lipinski definition) is 1. The zero-order chi connectivity index (χ0) is 14.6. The molecule has 0 radical (unpaired) electrons. The molecule has 0 spiro atoms. The highest BCUT2D eigenvalue weighted by Gasteiger charge is 2.17. The molecule has 106 valence electrons. The first-order chi connectivity index (χ1) is 8.77. The molecule has 1 aromatic carbocycles. The molecule has 0 aromatic heterocycles. The molecule has 0 fully saturated rings. The van der Waals surface area contributed by atoms with Crippen molar-refractivity contribution in [3.05, 3.63) is 29.3 Å². The van der Waals surface area contributed by atoms with Crippen LogP contribution in [0.5, 0.6) is 0 Å². The first-order valence-electron chi connectivity index (χ1n) is 5.98. The number of nitrogens with zero attached hydrogens (tertiary/aromatic N) is 1. The molecule has 0 bridgehead atoms. The number of nitrogens with one attached hydrogen (secondary N) is 1. The molecule has 1 rings (SSSR count). The number of likely N-dealkylation sites (N-methyl/N-ethyl adjacent to an activating group) is 2. The minimum absolute atomic E-state index is 0.168. The fourth-order valence-electron chi connectivity index (χ4n) is 1.65. The minimum Gasteiger partial charge on any atom is -0.340 e. The van der Waals surface area contributed by atoms with Gasteiger partial charge in [0.2, 0.25) is 0 Å². The van der Waals surface area contributed by atoms with E-state index >= 15 is 0 Å². The lowest BCUT2D eigenvalue weighted by Gasteiger charge is -2.18. The molecule has 0 aliphatic heterocycles. The Balaban J connectivity index is 3.09. The van der Waals surface area contributed by atoms with Crippen LogP contribution in [-0.2, 0) is 9.84 Å². The summed E-state index contributed by atoms with van der Waals surface area (Å²) in [7, 11) is 0.213. The van der Waals surface area contributed by atoms with Crippen LogP contribution in [0.1, 0.15) is 15.9 Å². The van der Waals surface area contributed by atoms with Crippen molar-refractivity contribution in [2.45, 2.75) is 11.8 Å². The summed E-state index contributed by atoms with van der Waals surface area (Å²) >= 11 is 0. The molecule has 0 heterocycles. The van der Waals surface area contributed by atoms with E-state index in [2.05, 4.69) is 5.32 Å². The first-order valence-corrected chi connectivity index (χ1v) is 7.87. The van der Waals surface area contributed by atoms with E-state index < -0.39 is 9.84 Å². The van der Waals surface area contributed by atoms with Gasteiger partial charge in [-0.3, -0.25) is 4.79 Å². The summed E-state index contributed by atoms with van der Waals surface area (Å²) in [6.45, 7) is 3.05. The molecule has 0 aliphatic carbocycles. The molecule has 19 heavy (non-hydrogen) atoms. The van der Waals surface area contributed by atoms with Gasteiger partial charge in [-0.2, -0.15) is 0 Å². The lowest BCUT2D eigenvalue weighted by atomic mass is 10.1. The summed E-state index contributed by atoms with van der Waals surface area (Å²) < 4.78 is 23.1. The number of carbonyl (C=O) groups is 1. The maximum Gasteiger partial charge on any atom is 0.253 e. The van der Waals surface area contributed by atoms with Gasteiger partial charge in [0.15, 0.2) is 9.84 Å². The summed E-state index contributed by atoms with van der Waals surface area (Å²) in [4.78, 5) is 14.0. The van der Waals surface area contributed by atoms with Gasteiger partial charge in [0, 0.05) is 32.0 Å². The van der Waals surface area contributed by atoms with Crippen molar-refractivity contribution in [3.63, 3.8) is 0 Å². The molecular weight excluding hydrogens is 264 g/mol. The van der Waals surface area contributed by atoms with Gasteiger partial charge in [0.05, 0.1) is 4.90 Å². The Morgan fingerprint density at radius 1 is 1.37 bits per heavy atom. The van der Waals surface area contributed by atoms with E-state index in [1.54, 1.807) is 24.9 Å². The first kappa shape index (κ1) is 15.7. The van der Waals surface area contributed by atoms with Crippen LogP contribution in [0.3, 0.4) is 0 Å². The number of hydrogen-bond acceptors (Lipinski definition) is 4. The lowest BCUT2D eigenvalue weighted by molar-refractivity contribution is 0.0796. The Hall–Kier alpha value is -1.40. The zero-order valence-electron chi connectivity index (χ0n) is 11.7. The van der Waals surface area contributed by atoms with Crippen molar-refractivity contribution >= 4 is 15.7 Å². The summed E-state index contributed by atoms with van der Waals surface area (Å²) in [5, 5.41) is 2.97. The number of rotatable bonds is 5. The van der Waals surface area contributed by atoms with Crippen LogP contribution < -0.4 is 5.32 Å².